The number of hydrogen-bond donors (Lipinski definition) is 1. The zero-order chi connectivity index (χ0) is 20.2. The lowest BCUT2D eigenvalue weighted by Gasteiger charge is -2.04. The van der Waals surface area contributed by atoms with Crippen LogP contribution in [-0.4, -0.2) is 13.0 Å². The van der Waals surface area contributed by atoms with Gasteiger partial charge >= 0.3 is 0 Å². The van der Waals surface area contributed by atoms with Crippen LogP contribution in [-0.2, 0) is 11.2 Å². The predicted octanol–water partition coefficient (Wildman–Crippen LogP) is 4.86. The normalized spacial score (nSPS) is 10.5. The maximum absolute atomic E-state index is 12.5. The van der Waals surface area contributed by atoms with E-state index in [9.17, 15) is 10.1 Å². The van der Waals surface area contributed by atoms with Gasteiger partial charge in [0.1, 0.15) is 23.1 Å². The summed E-state index contributed by atoms with van der Waals surface area (Å²) >= 11 is 0. The summed E-state index contributed by atoms with van der Waals surface area (Å²) in [5.41, 5.74) is 1.38. The van der Waals surface area contributed by atoms with E-state index in [0.717, 1.165) is 5.56 Å². The summed E-state index contributed by atoms with van der Waals surface area (Å²) in [6.45, 7) is 0. The van der Waals surface area contributed by atoms with Gasteiger partial charge in [0.25, 0.3) is 0 Å². The summed E-state index contributed by atoms with van der Waals surface area (Å²) in [6.07, 6.45) is 3.11. The van der Waals surface area contributed by atoms with E-state index in [4.69, 9.17) is 18.0 Å². The molecule has 4 aromatic rings. The molecule has 0 aliphatic carbocycles. The molecule has 0 spiro atoms. The summed E-state index contributed by atoms with van der Waals surface area (Å²) in [6, 6.07) is 16.1. The Hall–Kier alpha value is -4.18. The topological polar surface area (TPSA) is 102 Å². The third kappa shape index (κ3) is 3.64. The minimum atomic E-state index is -0.322. The van der Waals surface area contributed by atoms with E-state index >= 15 is 0 Å². The first-order valence-corrected chi connectivity index (χ1v) is 8.77. The van der Waals surface area contributed by atoms with Crippen molar-refractivity contribution in [3.05, 3.63) is 72.2 Å². The van der Waals surface area contributed by atoms with Gasteiger partial charge in [-0.25, -0.2) is 0 Å². The molecule has 0 atom stereocenters. The number of ether oxygens (including phenoxy) is 1. The van der Waals surface area contributed by atoms with Crippen LogP contribution in [0.2, 0.25) is 0 Å². The number of rotatable bonds is 6. The molecule has 0 fully saturated rings. The van der Waals surface area contributed by atoms with Gasteiger partial charge in [-0.1, -0.05) is 12.1 Å². The molecule has 0 aliphatic rings. The lowest BCUT2D eigenvalue weighted by atomic mass is 10.1. The smallest absolute Gasteiger partial charge is 0.231 e. The number of nitrogens with zero attached hydrogens (tertiary/aromatic N) is 1. The van der Waals surface area contributed by atoms with Crippen LogP contribution in [0.5, 0.6) is 5.75 Å². The Balaban J connectivity index is 1.66. The zero-order valence-electron chi connectivity index (χ0n) is 15.5. The number of carbonyl (C=O) groups is 1. The Morgan fingerprint density at radius 3 is 2.34 bits per heavy atom. The molecule has 3 heterocycles. The fourth-order valence-corrected chi connectivity index (χ4v) is 2.96. The number of benzene rings is 1. The molecule has 0 saturated carbocycles. The fourth-order valence-electron chi connectivity index (χ4n) is 2.96. The van der Waals surface area contributed by atoms with Gasteiger partial charge in [-0.2, -0.15) is 5.26 Å². The van der Waals surface area contributed by atoms with Crippen molar-refractivity contribution in [2.24, 2.45) is 0 Å². The van der Waals surface area contributed by atoms with Gasteiger partial charge in [-0.3, -0.25) is 10.1 Å². The fraction of sp³-hybridized carbons (Fsp3) is 0.0909. The third-order valence-corrected chi connectivity index (χ3v) is 4.31. The number of hydrogen-bond acceptors (Lipinski definition) is 6. The Morgan fingerprint density at radius 2 is 1.76 bits per heavy atom. The quantitative estimate of drug-likeness (QED) is 0.506. The molecule has 7 nitrogen and oxygen atoms in total. The van der Waals surface area contributed by atoms with E-state index in [1.165, 1.54) is 12.5 Å². The highest BCUT2D eigenvalue weighted by molar-refractivity contribution is 5.95. The molecular formula is C22H16N2O5. The number of nitriles is 1. The van der Waals surface area contributed by atoms with Crippen LogP contribution in [0.3, 0.4) is 0 Å². The molecular weight excluding hydrogens is 372 g/mol. The molecule has 1 N–H and O–H groups in total. The molecule has 0 aliphatic heterocycles. The summed E-state index contributed by atoms with van der Waals surface area (Å²) in [7, 11) is 1.58. The molecule has 7 heteroatoms. The van der Waals surface area contributed by atoms with E-state index < -0.39 is 0 Å². The number of nitrogens with one attached hydrogen (secondary N) is 1. The first-order chi connectivity index (χ1) is 14.2. The first-order valence-electron chi connectivity index (χ1n) is 8.77. The lowest BCUT2D eigenvalue weighted by Crippen LogP contribution is -2.14. The second kappa shape index (κ2) is 7.82. The van der Waals surface area contributed by atoms with Crippen LogP contribution < -0.4 is 10.1 Å². The Morgan fingerprint density at radius 1 is 1.07 bits per heavy atom. The number of anilines is 1. The molecule has 0 bridgehead atoms. The number of amides is 1. The third-order valence-electron chi connectivity index (χ3n) is 4.31. The van der Waals surface area contributed by atoms with Crippen LogP contribution in [0.15, 0.2) is 74.3 Å². The van der Waals surface area contributed by atoms with E-state index in [-0.39, 0.29) is 23.8 Å². The summed E-state index contributed by atoms with van der Waals surface area (Å²) in [5.74, 6) is 1.59. The highest BCUT2D eigenvalue weighted by atomic mass is 16.5. The van der Waals surface area contributed by atoms with Crippen molar-refractivity contribution in [2.75, 3.05) is 12.4 Å². The van der Waals surface area contributed by atoms with Gasteiger partial charge in [0, 0.05) is 0 Å². The highest BCUT2D eigenvalue weighted by Crippen LogP contribution is 2.41. The first kappa shape index (κ1) is 18.2. The van der Waals surface area contributed by atoms with Gasteiger partial charge in [0.05, 0.1) is 31.6 Å². The van der Waals surface area contributed by atoms with Crippen molar-refractivity contribution in [1.29, 1.82) is 5.26 Å². The van der Waals surface area contributed by atoms with Crippen molar-refractivity contribution in [3.63, 3.8) is 0 Å². The zero-order valence-corrected chi connectivity index (χ0v) is 15.5. The molecule has 3 aromatic heterocycles. The molecule has 144 valence electrons. The molecule has 0 saturated heterocycles. The molecule has 0 unspecified atom stereocenters. The second-order valence-corrected chi connectivity index (χ2v) is 6.15. The minimum Gasteiger partial charge on any atom is -0.497 e. The van der Waals surface area contributed by atoms with Gasteiger partial charge in [0.2, 0.25) is 11.8 Å². The molecule has 29 heavy (non-hydrogen) atoms. The van der Waals surface area contributed by atoms with Crippen molar-refractivity contribution >= 4 is 11.8 Å². The van der Waals surface area contributed by atoms with Crippen molar-refractivity contribution < 1.29 is 22.8 Å². The average molecular weight is 388 g/mol. The van der Waals surface area contributed by atoms with E-state index in [1.54, 1.807) is 55.6 Å². The standard InChI is InChI=1S/C22H16N2O5/c1-26-15-8-6-14(7-9-15)12-19(25)24-22-16(13-23)20(17-4-2-10-27-17)21(29-22)18-5-3-11-28-18/h2-11H,12H2,1H3,(H,24,25). The second-order valence-electron chi connectivity index (χ2n) is 6.15. The highest BCUT2D eigenvalue weighted by Gasteiger charge is 2.27. The number of carbonyl (C=O) groups excluding carboxylic acids is 1. The van der Waals surface area contributed by atoms with E-state index in [0.29, 0.717) is 28.6 Å². The SMILES string of the molecule is COc1ccc(CC(=O)Nc2oc(-c3ccco3)c(-c3ccco3)c2C#N)cc1. The molecule has 4 rings (SSSR count). The largest absolute Gasteiger partial charge is 0.497 e. The summed E-state index contributed by atoms with van der Waals surface area (Å²) < 4.78 is 21.8. The van der Waals surface area contributed by atoms with E-state index in [2.05, 4.69) is 11.4 Å². The van der Waals surface area contributed by atoms with Crippen molar-refractivity contribution in [1.82, 2.24) is 0 Å². The minimum absolute atomic E-state index is 0.0452. The van der Waals surface area contributed by atoms with Crippen LogP contribution in [0.25, 0.3) is 22.8 Å². The Bertz CT molecular complexity index is 1150. The molecule has 1 aromatic carbocycles. The summed E-state index contributed by atoms with van der Waals surface area (Å²) in [4.78, 5) is 12.5. The predicted molar refractivity (Wildman–Crippen MR) is 104 cm³/mol. The number of methoxy groups -OCH3 is 1. The molecule has 0 radical (unpaired) electrons. The Kier molecular flexibility index (Phi) is 4.91. The van der Waals surface area contributed by atoms with Gasteiger partial charge in [-0.15, -0.1) is 0 Å². The van der Waals surface area contributed by atoms with E-state index in [1.807, 2.05) is 0 Å². The monoisotopic (exact) mass is 388 g/mol. The van der Waals surface area contributed by atoms with Crippen LogP contribution in [0.1, 0.15) is 11.1 Å². The average Bonchev–Trinajstić information content (AvgIpc) is 3.48. The number of furan rings is 3. The maximum Gasteiger partial charge on any atom is 0.231 e. The van der Waals surface area contributed by atoms with Gasteiger partial charge in [-0.05, 0) is 42.0 Å². The maximum atomic E-state index is 12.5. The summed E-state index contributed by atoms with van der Waals surface area (Å²) in [5, 5.41) is 12.4. The van der Waals surface area contributed by atoms with Crippen molar-refractivity contribution in [2.45, 2.75) is 6.42 Å². The van der Waals surface area contributed by atoms with Gasteiger partial charge in [0.15, 0.2) is 11.5 Å². The van der Waals surface area contributed by atoms with Crippen LogP contribution >= 0.6 is 0 Å². The van der Waals surface area contributed by atoms with Crippen molar-refractivity contribution in [3.8, 4) is 34.7 Å². The van der Waals surface area contributed by atoms with Gasteiger partial charge < -0.3 is 18.0 Å². The molecule has 1 amide bonds. The van der Waals surface area contributed by atoms with Crippen LogP contribution in [0.4, 0.5) is 5.88 Å². The van der Waals surface area contributed by atoms with Crippen LogP contribution in [0, 0.1) is 11.3 Å². The Labute approximate surface area is 166 Å². The lowest BCUT2D eigenvalue weighted by molar-refractivity contribution is -0.115.